The van der Waals surface area contributed by atoms with E-state index in [9.17, 15) is 4.79 Å². The molecular formula is C18H14N6OS. The Bertz CT molecular complexity index is 1200. The molecule has 1 aromatic carbocycles. The van der Waals surface area contributed by atoms with Crippen LogP contribution >= 0.6 is 11.3 Å². The molecule has 7 nitrogen and oxygen atoms in total. The molecule has 3 heterocycles. The molecule has 128 valence electrons. The molecule has 8 heteroatoms. The van der Waals surface area contributed by atoms with Gasteiger partial charge in [-0.15, -0.1) is 11.3 Å². The van der Waals surface area contributed by atoms with Crippen LogP contribution in [0.2, 0.25) is 0 Å². The van der Waals surface area contributed by atoms with Gasteiger partial charge in [-0.3, -0.25) is 9.78 Å². The van der Waals surface area contributed by atoms with Gasteiger partial charge in [0.05, 0.1) is 11.0 Å². The molecule has 6 N–H and O–H groups in total. The van der Waals surface area contributed by atoms with Gasteiger partial charge in [0.2, 0.25) is 0 Å². The number of rotatable bonds is 3. The first-order chi connectivity index (χ1) is 12.6. The molecule has 0 fully saturated rings. The topological polar surface area (TPSA) is 135 Å². The summed E-state index contributed by atoms with van der Waals surface area (Å²) in [4.78, 5) is 24.0. The number of pyridine rings is 2. The molecule has 0 bridgehead atoms. The van der Waals surface area contributed by atoms with E-state index >= 15 is 0 Å². The van der Waals surface area contributed by atoms with Crippen molar-refractivity contribution in [2.24, 2.45) is 0 Å². The van der Waals surface area contributed by atoms with E-state index in [2.05, 4.69) is 15.0 Å². The third-order valence-electron chi connectivity index (χ3n) is 4.12. The highest BCUT2D eigenvalue weighted by molar-refractivity contribution is 7.13. The largest absolute Gasteiger partial charge is 0.398 e. The molecule has 0 aliphatic carbocycles. The number of aromatic nitrogens is 3. The molecule has 0 unspecified atom stereocenters. The lowest BCUT2D eigenvalue weighted by Gasteiger charge is -2.13. The van der Waals surface area contributed by atoms with Crippen molar-refractivity contribution in [1.82, 2.24) is 15.0 Å². The van der Waals surface area contributed by atoms with E-state index < -0.39 is 5.56 Å². The fourth-order valence-electron chi connectivity index (χ4n) is 2.91. The molecule has 0 spiro atoms. The Morgan fingerprint density at radius 1 is 1.23 bits per heavy atom. The summed E-state index contributed by atoms with van der Waals surface area (Å²) in [6.07, 6.45) is 4.56. The minimum atomic E-state index is -0.413. The van der Waals surface area contributed by atoms with Gasteiger partial charge in [-0.05, 0) is 17.7 Å². The molecule has 26 heavy (non-hydrogen) atoms. The number of H-pyrrole nitrogens is 1. The number of fused-ring (bicyclic) bond motifs is 1. The number of benzene rings is 1. The van der Waals surface area contributed by atoms with Gasteiger partial charge >= 0.3 is 0 Å². The van der Waals surface area contributed by atoms with Crippen molar-refractivity contribution < 1.29 is 0 Å². The van der Waals surface area contributed by atoms with Crippen LogP contribution in [0.4, 0.5) is 11.4 Å². The van der Waals surface area contributed by atoms with Crippen LogP contribution in [0.25, 0.3) is 32.7 Å². The summed E-state index contributed by atoms with van der Waals surface area (Å²) in [5.41, 5.74) is 15.6. The van der Waals surface area contributed by atoms with E-state index in [0.29, 0.717) is 33.4 Å². The maximum Gasteiger partial charge on any atom is 0.272 e. The summed E-state index contributed by atoms with van der Waals surface area (Å²) in [6, 6.07) is 7.05. The van der Waals surface area contributed by atoms with Crippen molar-refractivity contribution in [1.29, 1.82) is 5.41 Å². The number of nitrogens with two attached hydrogens (primary N) is 2. The summed E-state index contributed by atoms with van der Waals surface area (Å²) >= 11 is 1.49. The number of thiazole rings is 1. The van der Waals surface area contributed by atoms with E-state index in [1.807, 2.05) is 11.4 Å². The Hall–Kier alpha value is -3.52. The maximum absolute atomic E-state index is 12.4. The van der Waals surface area contributed by atoms with Gasteiger partial charge in [0.1, 0.15) is 10.7 Å². The summed E-state index contributed by atoms with van der Waals surface area (Å²) in [7, 11) is 0. The number of hydrogen-bond donors (Lipinski definition) is 4. The Labute approximate surface area is 151 Å². The summed E-state index contributed by atoms with van der Waals surface area (Å²) in [6.45, 7) is 0. The van der Waals surface area contributed by atoms with Crippen LogP contribution in [0.15, 0.2) is 46.8 Å². The van der Waals surface area contributed by atoms with E-state index in [1.54, 1.807) is 30.6 Å². The molecule has 0 aliphatic heterocycles. The van der Waals surface area contributed by atoms with E-state index in [4.69, 9.17) is 16.9 Å². The van der Waals surface area contributed by atoms with E-state index in [-0.39, 0.29) is 5.69 Å². The third kappa shape index (κ3) is 2.44. The van der Waals surface area contributed by atoms with Gasteiger partial charge in [0, 0.05) is 46.4 Å². The first-order valence-electron chi connectivity index (χ1n) is 7.71. The normalized spacial score (nSPS) is 10.9. The number of nitrogens with zero attached hydrogens (tertiary/aromatic N) is 2. The zero-order valence-electron chi connectivity index (χ0n) is 13.5. The van der Waals surface area contributed by atoms with Crippen LogP contribution in [-0.4, -0.2) is 21.2 Å². The van der Waals surface area contributed by atoms with Gasteiger partial charge in [0.25, 0.3) is 5.56 Å². The fraction of sp³-hybridized carbons (Fsp3) is 0. The number of anilines is 2. The summed E-state index contributed by atoms with van der Waals surface area (Å²) < 4.78 is 0. The lowest BCUT2D eigenvalue weighted by molar-refractivity contribution is 1.27. The number of hydrogen-bond acceptors (Lipinski definition) is 7. The molecule has 0 saturated heterocycles. The summed E-state index contributed by atoms with van der Waals surface area (Å²) in [5.74, 6) is 0. The predicted molar refractivity (Wildman–Crippen MR) is 106 cm³/mol. The van der Waals surface area contributed by atoms with Crippen LogP contribution in [0, 0.1) is 5.41 Å². The molecule has 0 atom stereocenters. The number of nitrogens with one attached hydrogen (secondary N) is 2. The first-order valence-corrected chi connectivity index (χ1v) is 8.59. The molecule has 4 rings (SSSR count). The Morgan fingerprint density at radius 2 is 2.08 bits per heavy atom. The van der Waals surface area contributed by atoms with E-state index in [0.717, 1.165) is 16.8 Å². The average molecular weight is 362 g/mol. The predicted octanol–water partition coefficient (Wildman–Crippen LogP) is 2.88. The Kier molecular flexibility index (Phi) is 3.74. The SMILES string of the molecule is N=Cc1c(N)cccc1-c1c(N)c(=O)[nH]c2cc(-c3nccs3)cnc12. The van der Waals surface area contributed by atoms with Gasteiger partial charge in [-0.25, -0.2) is 4.98 Å². The number of aromatic amines is 1. The summed E-state index contributed by atoms with van der Waals surface area (Å²) in [5, 5.41) is 10.4. The molecule has 0 saturated carbocycles. The standard InChI is InChI=1S/C18H14N6OS/c19-7-11-10(2-1-3-12(11)20)14-15(21)17(25)24-13-6-9(8-23-16(13)14)18-22-4-5-26-18/h1-8,19H,20-21H2,(H,24,25). The van der Waals surface area contributed by atoms with Crippen molar-refractivity contribution in [2.45, 2.75) is 0 Å². The molecule has 4 aromatic rings. The van der Waals surface area contributed by atoms with Gasteiger partial charge in [-0.2, -0.15) is 0 Å². The second-order valence-electron chi connectivity index (χ2n) is 5.65. The van der Waals surface area contributed by atoms with Gasteiger partial charge in [0.15, 0.2) is 0 Å². The minimum absolute atomic E-state index is 0.0423. The second-order valence-corrected chi connectivity index (χ2v) is 6.55. The average Bonchev–Trinajstić information content (AvgIpc) is 3.17. The van der Waals surface area contributed by atoms with Crippen LogP contribution in [0.5, 0.6) is 0 Å². The van der Waals surface area contributed by atoms with Crippen molar-refractivity contribution in [3.63, 3.8) is 0 Å². The van der Waals surface area contributed by atoms with Crippen molar-refractivity contribution in [3.05, 3.63) is 58.0 Å². The third-order valence-corrected chi connectivity index (χ3v) is 4.94. The molecule has 0 aliphatic rings. The molecule has 0 radical (unpaired) electrons. The van der Waals surface area contributed by atoms with Crippen LogP contribution in [0.3, 0.4) is 0 Å². The smallest absolute Gasteiger partial charge is 0.272 e. The quantitative estimate of drug-likeness (QED) is 0.328. The second kappa shape index (κ2) is 6.08. The highest BCUT2D eigenvalue weighted by Crippen LogP contribution is 2.35. The lowest BCUT2D eigenvalue weighted by atomic mass is 9.96. The highest BCUT2D eigenvalue weighted by atomic mass is 32.1. The van der Waals surface area contributed by atoms with Gasteiger partial charge < -0.3 is 21.9 Å². The van der Waals surface area contributed by atoms with Crippen molar-refractivity contribution in [3.8, 4) is 21.7 Å². The maximum atomic E-state index is 12.4. The minimum Gasteiger partial charge on any atom is -0.398 e. The van der Waals surface area contributed by atoms with Crippen molar-refractivity contribution in [2.75, 3.05) is 11.5 Å². The molecule has 0 amide bonds. The fourth-order valence-corrected chi connectivity index (χ4v) is 3.53. The monoisotopic (exact) mass is 362 g/mol. The Balaban J connectivity index is 2.07. The van der Waals surface area contributed by atoms with Crippen molar-refractivity contribution >= 4 is 40.0 Å². The lowest BCUT2D eigenvalue weighted by Crippen LogP contribution is -2.14. The van der Waals surface area contributed by atoms with E-state index in [1.165, 1.54) is 11.3 Å². The highest BCUT2D eigenvalue weighted by Gasteiger charge is 2.17. The number of nitrogen functional groups attached to an aromatic ring is 2. The van der Waals surface area contributed by atoms with Gasteiger partial charge in [-0.1, -0.05) is 12.1 Å². The van der Waals surface area contributed by atoms with Crippen LogP contribution in [0.1, 0.15) is 5.56 Å². The van der Waals surface area contributed by atoms with Crippen LogP contribution in [-0.2, 0) is 0 Å². The first kappa shape index (κ1) is 16.0. The zero-order chi connectivity index (χ0) is 18.3. The van der Waals surface area contributed by atoms with Crippen LogP contribution < -0.4 is 17.0 Å². The Morgan fingerprint density at radius 3 is 2.81 bits per heavy atom. The molecular weight excluding hydrogens is 348 g/mol. The zero-order valence-corrected chi connectivity index (χ0v) is 14.3. The molecule has 3 aromatic heterocycles.